The lowest BCUT2D eigenvalue weighted by molar-refractivity contribution is 0.0992. The fraction of sp³-hybridized carbons (Fsp3) is 0.375. The first kappa shape index (κ1) is 22.5. The van der Waals surface area contributed by atoms with E-state index < -0.39 is 15.9 Å². The minimum absolute atomic E-state index is 0.158. The van der Waals surface area contributed by atoms with Crippen LogP contribution in [0.4, 0.5) is 5.69 Å². The first-order valence-electron chi connectivity index (χ1n) is 10.8. The summed E-state index contributed by atoms with van der Waals surface area (Å²) in [6, 6.07) is 12.3. The third-order valence-corrected chi connectivity index (χ3v) is 7.86. The molecule has 0 spiro atoms. The van der Waals surface area contributed by atoms with Gasteiger partial charge in [0.25, 0.3) is 5.91 Å². The molecule has 4 rings (SSSR count). The molecule has 0 radical (unpaired) electrons. The Hall–Kier alpha value is -2.68. The van der Waals surface area contributed by atoms with Gasteiger partial charge in [-0.2, -0.15) is 4.31 Å². The van der Waals surface area contributed by atoms with E-state index in [1.165, 1.54) is 6.07 Å². The van der Waals surface area contributed by atoms with Gasteiger partial charge in [-0.25, -0.2) is 8.42 Å². The molecule has 0 unspecified atom stereocenters. The number of nitrogens with one attached hydrogen (secondary N) is 1. The number of carbonyl (C=O) groups excluding carboxylic acids is 1. The van der Waals surface area contributed by atoms with Crippen LogP contribution in [-0.2, 0) is 21.4 Å². The number of fused-ring (bicyclic) bond motifs is 1. The number of aryl methyl sites for hydroxylation is 1. The number of para-hydroxylation sites is 1. The van der Waals surface area contributed by atoms with Crippen molar-refractivity contribution in [2.45, 2.75) is 44.1 Å². The Kier molecular flexibility index (Phi) is 6.64. The van der Waals surface area contributed by atoms with Crippen molar-refractivity contribution in [1.82, 2.24) is 4.31 Å². The fourth-order valence-corrected chi connectivity index (χ4v) is 5.90. The lowest BCUT2D eigenvalue weighted by Crippen LogP contribution is -2.32. The third kappa shape index (κ3) is 4.44. The lowest BCUT2D eigenvalue weighted by atomic mass is 10.1. The standard InChI is InChI=1S/C24H28N2O5S/c1-17-11-12-18(15-22(17)32(28,29)26-13-7-3-4-8-14-26)25-24(27)23-20(16-30-2)19-9-5-6-10-21(19)31-23/h5-6,9-12,15H,3-4,7-8,13-14,16H2,1-2H3,(H,25,27). The summed E-state index contributed by atoms with van der Waals surface area (Å²) in [4.78, 5) is 13.3. The Labute approximate surface area is 188 Å². The zero-order chi connectivity index (χ0) is 22.7. The van der Waals surface area contributed by atoms with Gasteiger partial charge in [-0.05, 0) is 43.5 Å². The summed E-state index contributed by atoms with van der Waals surface area (Å²) >= 11 is 0. The maximum absolute atomic E-state index is 13.3. The molecule has 1 aromatic heterocycles. The number of sulfonamides is 1. The van der Waals surface area contributed by atoms with Crippen LogP contribution < -0.4 is 5.32 Å². The molecule has 0 saturated carbocycles. The maximum atomic E-state index is 13.3. The number of carbonyl (C=O) groups is 1. The Balaban J connectivity index is 1.64. The monoisotopic (exact) mass is 456 g/mol. The Morgan fingerprint density at radius 3 is 2.53 bits per heavy atom. The molecule has 1 saturated heterocycles. The van der Waals surface area contributed by atoms with Gasteiger partial charge < -0.3 is 14.5 Å². The van der Waals surface area contributed by atoms with Gasteiger partial charge in [-0.3, -0.25) is 4.79 Å². The summed E-state index contributed by atoms with van der Waals surface area (Å²) in [6.07, 6.45) is 3.82. The molecule has 0 aliphatic carbocycles. The minimum atomic E-state index is -3.64. The number of nitrogens with zero attached hydrogens (tertiary/aromatic N) is 1. The Bertz CT molecular complexity index is 1220. The van der Waals surface area contributed by atoms with Gasteiger partial charge in [0.15, 0.2) is 5.76 Å². The van der Waals surface area contributed by atoms with Crippen LogP contribution in [0.1, 0.15) is 47.4 Å². The van der Waals surface area contributed by atoms with E-state index in [2.05, 4.69) is 5.32 Å². The van der Waals surface area contributed by atoms with Crippen molar-refractivity contribution in [2.24, 2.45) is 0 Å². The van der Waals surface area contributed by atoms with Crippen molar-refractivity contribution in [3.8, 4) is 0 Å². The van der Waals surface area contributed by atoms with E-state index in [0.29, 0.717) is 35.5 Å². The van der Waals surface area contributed by atoms with Crippen molar-refractivity contribution in [2.75, 3.05) is 25.5 Å². The molecule has 2 aromatic carbocycles. The summed E-state index contributed by atoms with van der Waals surface area (Å²) in [5, 5.41) is 3.61. The molecule has 8 heteroatoms. The molecule has 1 amide bonds. The van der Waals surface area contributed by atoms with Crippen LogP contribution in [-0.4, -0.2) is 38.8 Å². The molecular formula is C24H28N2O5S. The second kappa shape index (κ2) is 9.44. The molecule has 0 atom stereocenters. The third-order valence-electron chi connectivity index (χ3n) is 5.82. The van der Waals surface area contributed by atoms with E-state index in [1.54, 1.807) is 36.5 Å². The summed E-state index contributed by atoms with van der Waals surface area (Å²) in [5.41, 5.74) is 2.30. The highest BCUT2D eigenvalue weighted by Crippen LogP contribution is 2.29. The quantitative estimate of drug-likeness (QED) is 0.581. The summed E-state index contributed by atoms with van der Waals surface area (Å²) < 4.78 is 39.2. The molecule has 1 aliphatic rings. The van der Waals surface area contributed by atoms with Crippen LogP contribution in [0.3, 0.4) is 0 Å². The zero-order valence-corrected chi connectivity index (χ0v) is 19.2. The van der Waals surface area contributed by atoms with E-state index in [9.17, 15) is 13.2 Å². The summed E-state index contributed by atoms with van der Waals surface area (Å²) in [5.74, 6) is -0.291. The largest absolute Gasteiger partial charge is 0.451 e. The number of hydrogen-bond donors (Lipinski definition) is 1. The second-order valence-electron chi connectivity index (χ2n) is 8.09. The Morgan fingerprint density at radius 1 is 1.09 bits per heavy atom. The molecule has 1 aliphatic heterocycles. The predicted molar refractivity (Wildman–Crippen MR) is 123 cm³/mol. The highest BCUT2D eigenvalue weighted by molar-refractivity contribution is 7.89. The fourth-order valence-electron chi connectivity index (χ4n) is 4.13. The van der Waals surface area contributed by atoms with Gasteiger partial charge in [-0.1, -0.05) is 37.1 Å². The molecule has 3 aromatic rings. The van der Waals surface area contributed by atoms with E-state index >= 15 is 0 Å². The molecule has 2 heterocycles. The topological polar surface area (TPSA) is 88.8 Å². The molecule has 7 nitrogen and oxygen atoms in total. The highest BCUT2D eigenvalue weighted by Gasteiger charge is 2.27. The van der Waals surface area contributed by atoms with Gasteiger partial charge in [0.05, 0.1) is 11.5 Å². The van der Waals surface area contributed by atoms with Crippen LogP contribution in [0.25, 0.3) is 11.0 Å². The van der Waals surface area contributed by atoms with Gasteiger partial charge >= 0.3 is 0 Å². The Morgan fingerprint density at radius 2 is 1.81 bits per heavy atom. The van der Waals surface area contributed by atoms with Crippen LogP contribution in [0, 0.1) is 6.92 Å². The van der Waals surface area contributed by atoms with Gasteiger partial charge in [0.1, 0.15) is 5.58 Å². The molecule has 1 N–H and O–H groups in total. The average molecular weight is 457 g/mol. The molecule has 0 bridgehead atoms. The van der Waals surface area contributed by atoms with Crippen LogP contribution in [0.15, 0.2) is 51.8 Å². The second-order valence-corrected chi connectivity index (χ2v) is 10.00. The molecule has 170 valence electrons. The van der Waals surface area contributed by atoms with Crippen molar-refractivity contribution >= 4 is 32.6 Å². The predicted octanol–water partition coefficient (Wildman–Crippen LogP) is 4.70. The molecular weight excluding hydrogens is 428 g/mol. The number of furan rings is 1. The highest BCUT2D eigenvalue weighted by atomic mass is 32.2. The zero-order valence-electron chi connectivity index (χ0n) is 18.4. The van der Waals surface area contributed by atoms with Crippen molar-refractivity contribution in [3.05, 3.63) is 59.4 Å². The van der Waals surface area contributed by atoms with Crippen molar-refractivity contribution in [3.63, 3.8) is 0 Å². The number of anilines is 1. The average Bonchev–Trinajstić information content (AvgIpc) is 2.95. The van der Waals surface area contributed by atoms with Gasteiger partial charge in [0.2, 0.25) is 10.0 Å². The van der Waals surface area contributed by atoms with Crippen LogP contribution in [0.2, 0.25) is 0 Å². The number of methoxy groups -OCH3 is 1. The maximum Gasteiger partial charge on any atom is 0.291 e. The lowest BCUT2D eigenvalue weighted by Gasteiger charge is -2.21. The molecule has 1 fully saturated rings. The SMILES string of the molecule is COCc1c(C(=O)Nc2ccc(C)c(S(=O)(=O)N3CCCCCC3)c2)oc2ccccc12. The van der Waals surface area contributed by atoms with Crippen LogP contribution >= 0.6 is 0 Å². The summed E-state index contributed by atoms with van der Waals surface area (Å²) in [7, 11) is -2.08. The smallest absolute Gasteiger partial charge is 0.291 e. The first-order valence-corrected chi connectivity index (χ1v) is 12.3. The van der Waals surface area contributed by atoms with E-state index in [1.807, 2.05) is 18.2 Å². The van der Waals surface area contributed by atoms with Crippen molar-refractivity contribution < 1.29 is 22.4 Å². The van der Waals surface area contributed by atoms with Crippen LogP contribution in [0.5, 0.6) is 0 Å². The van der Waals surface area contributed by atoms with E-state index in [0.717, 1.165) is 31.1 Å². The number of amides is 1. The van der Waals surface area contributed by atoms with Crippen molar-refractivity contribution in [1.29, 1.82) is 0 Å². The number of hydrogen-bond acceptors (Lipinski definition) is 5. The number of benzene rings is 2. The number of ether oxygens (including phenoxy) is 1. The summed E-state index contributed by atoms with van der Waals surface area (Å²) in [6.45, 7) is 3.05. The minimum Gasteiger partial charge on any atom is -0.451 e. The normalized spacial score (nSPS) is 15.6. The van der Waals surface area contributed by atoms with E-state index in [4.69, 9.17) is 9.15 Å². The van der Waals surface area contributed by atoms with E-state index in [-0.39, 0.29) is 17.3 Å². The first-order chi connectivity index (χ1) is 15.4. The van der Waals surface area contributed by atoms with Gasteiger partial charge in [-0.15, -0.1) is 0 Å². The molecule has 32 heavy (non-hydrogen) atoms. The number of rotatable bonds is 6. The van der Waals surface area contributed by atoms with Gasteiger partial charge in [0, 0.05) is 36.8 Å².